The molecular weight excluding hydrogens is 282 g/mol. The molecule has 0 aliphatic carbocycles. The lowest BCUT2D eigenvalue weighted by molar-refractivity contribution is 0.397. The molecule has 0 radical (unpaired) electrons. The van der Waals surface area contributed by atoms with Crippen LogP contribution in [0.1, 0.15) is 0 Å². The number of aromatic hydroxyl groups is 1. The van der Waals surface area contributed by atoms with Crippen LogP contribution in [0.5, 0.6) is 5.75 Å². The summed E-state index contributed by atoms with van der Waals surface area (Å²) in [5.74, 6) is -0.260. The molecule has 8 heteroatoms. The molecule has 0 spiro atoms. The van der Waals surface area contributed by atoms with Crippen LogP contribution in [0.2, 0.25) is 0 Å². The minimum atomic E-state index is -3.93. The van der Waals surface area contributed by atoms with Crippen molar-refractivity contribution in [2.45, 2.75) is 4.90 Å². The number of nitrogen functional groups attached to an aromatic ring is 1. The van der Waals surface area contributed by atoms with E-state index < -0.39 is 10.1 Å². The lowest BCUT2D eigenvalue weighted by Crippen LogP contribution is -2.03. The molecule has 0 saturated carbocycles. The topological polar surface area (TPSA) is 114 Å². The van der Waals surface area contributed by atoms with E-state index in [1.165, 1.54) is 13.1 Å². The van der Waals surface area contributed by atoms with Gasteiger partial charge in [0.1, 0.15) is 5.75 Å². The van der Waals surface area contributed by atoms with Crippen LogP contribution < -0.4 is 5.73 Å². The van der Waals surface area contributed by atoms with Gasteiger partial charge in [0.15, 0.2) is 0 Å². The van der Waals surface area contributed by atoms with Crippen LogP contribution in [-0.4, -0.2) is 27.7 Å². The molecule has 3 N–H and O–H groups in total. The van der Waals surface area contributed by atoms with Gasteiger partial charge in [-0.2, -0.15) is 18.6 Å². The van der Waals surface area contributed by atoms with Gasteiger partial charge in [0, 0.05) is 29.6 Å². The van der Waals surface area contributed by atoms with Crippen molar-refractivity contribution < 1.29 is 17.7 Å². The van der Waals surface area contributed by atoms with E-state index in [1.54, 1.807) is 12.1 Å². The maximum atomic E-state index is 11.7. The fourth-order valence-corrected chi connectivity index (χ4v) is 2.59. The lowest BCUT2D eigenvalue weighted by atomic mass is 10.1. The maximum Gasteiger partial charge on any atom is 0.296 e. The second-order valence-corrected chi connectivity index (χ2v) is 5.67. The molecule has 2 aromatic rings. The van der Waals surface area contributed by atoms with E-state index in [2.05, 4.69) is 14.4 Å². The van der Waals surface area contributed by atoms with Gasteiger partial charge in [0.2, 0.25) is 0 Å². The number of anilines is 1. The van der Waals surface area contributed by atoms with Gasteiger partial charge in [-0.1, -0.05) is 0 Å². The Bertz CT molecular complexity index is 800. The van der Waals surface area contributed by atoms with Crippen molar-refractivity contribution >= 4 is 32.3 Å². The summed E-state index contributed by atoms with van der Waals surface area (Å²) in [5.41, 5.74) is 6.52. The zero-order chi connectivity index (χ0) is 14.9. The number of hydrogen-bond donors (Lipinski definition) is 2. The second-order valence-electron chi connectivity index (χ2n) is 3.96. The van der Waals surface area contributed by atoms with Gasteiger partial charge in [-0.3, -0.25) is 4.18 Å². The molecule has 2 rings (SSSR count). The van der Waals surface area contributed by atoms with Crippen molar-refractivity contribution in [1.29, 1.82) is 0 Å². The molecule has 7 nitrogen and oxygen atoms in total. The molecule has 0 atom stereocenters. The molecule has 0 fully saturated rings. The minimum Gasteiger partial charge on any atom is -0.507 e. The Kier molecular flexibility index (Phi) is 3.60. The molecule has 0 heterocycles. The van der Waals surface area contributed by atoms with E-state index in [4.69, 9.17) is 5.73 Å². The van der Waals surface area contributed by atoms with Gasteiger partial charge < -0.3 is 10.8 Å². The van der Waals surface area contributed by atoms with Crippen molar-refractivity contribution in [2.75, 3.05) is 19.9 Å². The summed E-state index contributed by atoms with van der Waals surface area (Å²) in [4.78, 5) is -0.178. The minimum absolute atomic E-state index is 0.178. The first-order valence-corrected chi connectivity index (χ1v) is 6.97. The quantitative estimate of drug-likeness (QED) is 0.511. The molecular formula is C12H13N3O4S. The predicted molar refractivity (Wildman–Crippen MR) is 74.7 cm³/mol. The summed E-state index contributed by atoms with van der Waals surface area (Å²) in [6, 6.07) is 5.59. The molecule has 0 amide bonds. The van der Waals surface area contributed by atoms with E-state index in [-0.39, 0.29) is 10.6 Å². The Morgan fingerprint density at radius 2 is 2.00 bits per heavy atom. The van der Waals surface area contributed by atoms with Gasteiger partial charge in [0.25, 0.3) is 10.1 Å². The van der Waals surface area contributed by atoms with Crippen molar-refractivity contribution in [3.05, 3.63) is 24.3 Å². The van der Waals surface area contributed by atoms with Crippen molar-refractivity contribution in [1.82, 2.24) is 0 Å². The molecule has 0 saturated heterocycles. The normalized spacial score (nSPS) is 12.3. The monoisotopic (exact) mass is 295 g/mol. The van der Waals surface area contributed by atoms with Crippen LogP contribution >= 0.6 is 0 Å². The highest BCUT2D eigenvalue weighted by molar-refractivity contribution is 7.86. The van der Waals surface area contributed by atoms with Crippen molar-refractivity contribution in [2.24, 2.45) is 10.2 Å². The third kappa shape index (κ3) is 2.30. The zero-order valence-electron chi connectivity index (χ0n) is 10.9. The van der Waals surface area contributed by atoms with Crippen LogP contribution in [0.4, 0.5) is 11.4 Å². The highest BCUT2D eigenvalue weighted by Gasteiger charge is 2.18. The molecule has 0 aliphatic rings. The molecule has 0 aromatic heterocycles. The number of hydrogen-bond acceptors (Lipinski definition) is 7. The van der Waals surface area contributed by atoms with Gasteiger partial charge in [-0.25, -0.2) is 0 Å². The highest BCUT2D eigenvalue weighted by atomic mass is 32.2. The molecule has 2 aromatic carbocycles. The summed E-state index contributed by atoms with van der Waals surface area (Å²) in [6.45, 7) is 0. The predicted octanol–water partition coefficient (Wildman–Crippen LogP) is 2.18. The summed E-state index contributed by atoms with van der Waals surface area (Å²) >= 11 is 0. The summed E-state index contributed by atoms with van der Waals surface area (Å²) < 4.78 is 27.9. The summed E-state index contributed by atoms with van der Waals surface area (Å²) in [6.07, 6.45) is 0. The van der Waals surface area contributed by atoms with Gasteiger partial charge >= 0.3 is 0 Å². The number of fused-ring (bicyclic) bond motifs is 1. The van der Waals surface area contributed by atoms with Crippen LogP contribution in [0.25, 0.3) is 10.8 Å². The molecule has 106 valence electrons. The first kappa shape index (κ1) is 14.2. The number of nitrogens with two attached hydrogens (primary N) is 1. The van der Waals surface area contributed by atoms with Crippen LogP contribution in [-0.2, 0) is 14.3 Å². The maximum absolute atomic E-state index is 11.7. The Balaban J connectivity index is 2.91. The SMILES string of the molecule is CN=Nc1ccc(N)c2c(O)cc(S(=O)(=O)OC)cc12. The van der Waals surface area contributed by atoms with Crippen LogP contribution in [0.3, 0.4) is 0 Å². The van der Waals surface area contributed by atoms with E-state index in [0.29, 0.717) is 22.1 Å². The molecule has 0 aliphatic heterocycles. The number of phenolic OH excluding ortho intramolecular Hbond substituents is 1. The van der Waals surface area contributed by atoms with E-state index >= 15 is 0 Å². The van der Waals surface area contributed by atoms with Crippen molar-refractivity contribution in [3.8, 4) is 5.75 Å². The van der Waals surface area contributed by atoms with E-state index in [0.717, 1.165) is 13.2 Å². The van der Waals surface area contributed by atoms with E-state index in [9.17, 15) is 13.5 Å². The van der Waals surface area contributed by atoms with Gasteiger partial charge in [-0.15, -0.1) is 0 Å². The highest BCUT2D eigenvalue weighted by Crippen LogP contribution is 2.38. The largest absolute Gasteiger partial charge is 0.507 e. The van der Waals surface area contributed by atoms with Gasteiger partial charge in [0.05, 0.1) is 17.7 Å². The fourth-order valence-electron chi connectivity index (χ4n) is 1.88. The first-order valence-electron chi connectivity index (χ1n) is 5.56. The lowest BCUT2D eigenvalue weighted by Gasteiger charge is -2.09. The summed E-state index contributed by atoms with van der Waals surface area (Å²) in [5, 5.41) is 18.3. The van der Waals surface area contributed by atoms with Crippen LogP contribution in [0.15, 0.2) is 39.4 Å². The third-order valence-corrected chi connectivity index (χ3v) is 4.04. The average molecular weight is 295 g/mol. The Morgan fingerprint density at radius 1 is 1.30 bits per heavy atom. The smallest absolute Gasteiger partial charge is 0.296 e. The number of benzene rings is 2. The number of rotatable bonds is 3. The number of nitrogens with zero attached hydrogens (tertiary/aromatic N) is 2. The average Bonchev–Trinajstić information content (AvgIpc) is 2.41. The number of phenols is 1. The molecule has 0 unspecified atom stereocenters. The summed E-state index contributed by atoms with van der Waals surface area (Å²) in [7, 11) is -1.40. The molecule has 0 bridgehead atoms. The van der Waals surface area contributed by atoms with Crippen molar-refractivity contribution in [3.63, 3.8) is 0 Å². The standard InChI is InChI=1S/C12H13N3O4S/c1-14-15-10-4-3-9(13)12-8(10)5-7(6-11(12)16)20(17,18)19-2/h3-6,16H,13H2,1-2H3. The van der Waals surface area contributed by atoms with Gasteiger partial charge in [-0.05, 0) is 18.2 Å². The fraction of sp³-hybridized carbons (Fsp3) is 0.167. The zero-order valence-corrected chi connectivity index (χ0v) is 11.7. The first-order chi connectivity index (χ1) is 9.40. The van der Waals surface area contributed by atoms with Crippen LogP contribution in [0, 0.1) is 0 Å². The number of azo groups is 1. The third-order valence-electron chi connectivity index (χ3n) is 2.79. The Labute approximate surface area is 115 Å². The Hall–Kier alpha value is -2.19. The molecule has 20 heavy (non-hydrogen) atoms. The Morgan fingerprint density at radius 3 is 2.60 bits per heavy atom. The van der Waals surface area contributed by atoms with E-state index in [1.807, 2.05) is 0 Å². The second kappa shape index (κ2) is 5.06.